The Balaban J connectivity index is 1.77. The van der Waals surface area contributed by atoms with Crippen molar-refractivity contribution in [2.45, 2.75) is 18.3 Å². The maximum absolute atomic E-state index is 12.7. The highest BCUT2D eigenvalue weighted by atomic mass is 32.2. The van der Waals surface area contributed by atoms with Crippen molar-refractivity contribution in [1.29, 1.82) is 0 Å². The molecule has 2 aliphatic heterocycles. The molecule has 0 radical (unpaired) electrons. The number of nitrogens with zero attached hydrogens (tertiary/aromatic N) is 3. The van der Waals surface area contributed by atoms with Crippen LogP contribution in [0.15, 0.2) is 21.8 Å². The van der Waals surface area contributed by atoms with Crippen molar-refractivity contribution in [3.63, 3.8) is 0 Å². The molecule has 12 nitrogen and oxygen atoms in total. The number of nitrogen functional groups attached to an aromatic ring is 1. The van der Waals surface area contributed by atoms with Crippen LogP contribution >= 0.6 is 23.1 Å². The van der Waals surface area contributed by atoms with E-state index in [0.717, 1.165) is 16.2 Å². The van der Waals surface area contributed by atoms with Gasteiger partial charge in [0.1, 0.15) is 36.5 Å². The monoisotopic (exact) mass is 455 g/mol. The Kier molecular flexibility index (Phi) is 6.26. The second kappa shape index (κ2) is 8.71. The van der Waals surface area contributed by atoms with Gasteiger partial charge in [0.2, 0.25) is 0 Å². The molecule has 0 saturated carbocycles. The minimum absolute atomic E-state index is 0.165. The molecule has 3 heterocycles. The lowest BCUT2D eigenvalue weighted by molar-refractivity contribution is -0.150. The van der Waals surface area contributed by atoms with Crippen LogP contribution in [0.25, 0.3) is 0 Å². The van der Waals surface area contributed by atoms with E-state index in [1.807, 2.05) is 0 Å². The van der Waals surface area contributed by atoms with Gasteiger partial charge in [-0.3, -0.25) is 19.3 Å². The van der Waals surface area contributed by atoms with Gasteiger partial charge >= 0.3 is 11.9 Å². The first-order valence-electron chi connectivity index (χ1n) is 8.41. The SMILES string of the molecule is CO/N=C(\C(=O)NC1C(=O)N2C(C(=O)O)=C(COC(C)=O)CS[C@@H]12)c1csc(N)n1. The molecule has 1 saturated heterocycles. The summed E-state index contributed by atoms with van der Waals surface area (Å²) in [5, 5.41) is 16.9. The van der Waals surface area contributed by atoms with E-state index in [1.54, 1.807) is 0 Å². The Morgan fingerprint density at radius 2 is 2.20 bits per heavy atom. The Labute approximate surface area is 178 Å². The molecule has 0 aromatic carbocycles. The second-order valence-corrected chi connectivity index (χ2v) is 8.09. The summed E-state index contributed by atoms with van der Waals surface area (Å²) in [6.07, 6.45) is 0. The van der Waals surface area contributed by atoms with E-state index in [9.17, 15) is 24.3 Å². The zero-order valence-electron chi connectivity index (χ0n) is 15.8. The van der Waals surface area contributed by atoms with Crippen LogP contribution in [0.5, 0.6) is 0 Å². The van der Waals surface area contributed by atoms with Crippen molar-refractivity contribution in [3.05, 3.63) is 22.3 Å². The summed E-state index contributed by atoms with van der Waals surface area (Å²) in [4.78, 5) is 57.8. The van der Waals surface area contributed by atoms with Gasteiger partial charge in [-0.15, -0.1) is 23.1 Å². The predicted molar refractivity (Wildman–Crippen MR) is 106 cm³/mol. The van der Waals surface area contributed by atoms with Gasteiger partial charge in [0.25, 0.3) is 11.8 Å². The van der Waals surface area contributed by atoms with E-state index in [0.29, 0.717) is 5.57 Å². The van der Waals surface area contributed by atoms with Crippen LogP contribution in [0.2, 0.25) is 0 Å². The number of β-lactam (4-membered cyclic amide) rings is 1. The number of ether oxygens (including phenoxy) is 1. The lowest BCUT2D eigenvalue weighted by Crippen LogP contribution is -2.71. The van der Waals surface area contributed by atoms with Crippen molar-refractivity contribution in [1.82, 2.24) is 15.2 Å². The lowest BCUT2D eigenvalue weighted by Gasteiger charge is -2.49. The van der Waals surface area contributed by atoms with Crippen molar-refractivity contribution in [2.24, 2.45) is 5.16 Å². The number of fused-ring (bicyclic) bond motifs is 1. The fraction of sp³-hybridized carbons (Fsp3) is 0.375. The number of nitrogens with two attached hydrogens (primary N) is 1. The molecule has 3 rings (SSSR count). The van der Waals surface area contributed by atoms with Gasteiger partial charge in [-0.25, -0.2) is 9.78 Å². The highest BCUT2D eigenvalue weighted by Crippen LogP contribution is 2.40. The van der Waals surface area contributed by atoms with E-state index in [4.69, 9.17) is 10.5 Å². The third-order valence-corrected chi connectivity index (χ3v) is 6.16. The number of aliphatic carboxylic acids is 1. The lowest BCUT2D eigenvalue weighted by atomic mass is 10.0. The summed E-state index contributed by atoms with van der Waals surface area (Å²) in [6.45, 7) is 0.975. The quantitative estimate of drug-likeness (QED) is 0.208. The van der Waals surface area contributed by atoms with Gasteiger partial charge in [-0.2, -0.15) is 0 Å². The second-order valence-electron chi connectivity index (χ2n) is 6.09. The first kappa shape index (κ1) is 21.6. The highest BCUT2D eigenvalue weighted by Gasteiger charge is 2.54. The number of hydrogen-bond donors (Lipinski definition) is 3. The van der Waals surface area contributed by atoms with Gasteiger partial charge in [0.05, 0.1) is 0 Å². The molecule has 2 atom stereocenters. The van der Waals surface area contributed by atoms with E-state index < -0.39 is 35.2 Å². The number of carboxylic acid groups (broad SMARTS) is 1. The summed E-state index contributed by atoms with van der Waals surface area (Å²) in [6, 6.07) is -0.967. The average molecular weight is 455 g/mol. The number of amides is 2. The van der Waals surface area contributed by atoms with Crippen LogP contribution in [0, 0.1) is 0 Å². The number of thiazole rings is 1. The number of hydrogen-bond acceptors (Lipinski definition) is 11. The Bertz CT molecular complexity index is 973. The molecular formula is C16H17N5O7S2. The Morgan fingerprint density at radius 1 is 1.47 bits per heavy atom. The first-order chi connectivity index (χ1) is 14.2. The molecule has 1 fully saturated rings. The van der Waals surface area contributed by atoms with E-state index >= 15 is 0 Å². The highest BCUT2D eigenvalue weighted by molar-refractivity contribution is 8.00. The Morgan fingerprint density at radius 3 is 2.77 bits per heavy atom. The summed E-state index contributed by atoms with van der Waals surface area (Å²) in [7, 11) is 1.25. The van der Waals surface area contributed by atoms with E-state index in [1.165, 1.54) is 31.2 Å². The van der Waals surface area contributed by atoms with Crippen LogP contribution in [0.1, 0.15) is 12.6 Å². The zero-order chi connectivity index (χ0) is 22.0. The number of anilines is 1. The van der Waals surface area contributed by atoms with Gasteiger partial charge in [-0.1, -0.05) is 5.16 Å². The maximum atomic E-state index is 12.7. The minimum atomic E-state index is -1.32. The molecule has 160 valence electrons. The van der Waals surface area contributed by atoms with Crippen LogP contribution in [0.4, 0.5) is 5.13 Å². The van der Waals surface area contributed by atoms with Gasteiger partial charge < -0.3 is 25.7 Å². The number of oxime groups is 1. The predicted octanol–water partition coefficient (Wildman–Crippen LogP) is -0.622. The average Bonchev–Trinajstić information content (AvgIpc) is 3.13. The fourth-order valence-corrected chi connectivity index (χ4v) is 4.76. The third-order valence-electron chi connectivity index (χ3n) is 4.15. The number of thioether (sulfide) groups is 1. The number of carbonyl (C=O) groups is 4. The molecule has 0 bridgehead atoms. The molecule has 1 aromatic heterocycles. The summed E-state index contributed by atoms with van der Waals surface area (Å²) in [5.41, 5.74) is 5.67. The van der Waals surface area contributed by atoms with Gasteiger partial charge in [0.15, 0.2) is 10.8 Å². The molecule has 0 spiro atoms. The molecular weight excluding hydrogens is 438 g/mol. The number of rotatable bonds is 7. The van der Waals surface area contributed by atoms with Gasteiger partial charge in [-0.05, 0) is 0 Å². The molecule has 4 N–H and O–H groups in total. The molecule has 0 aliphatic carbocycles. The molecule has 2 aliphatic rings. The molecule has 2 amide bonds. The number of carboxylic acids is 1. The van der Waals surface area contributed by atoms with Crippen LogP contribution in [0.3, 0.4) is 0 Å². The molecule has 14 heteroatoms. The minimum Gasteiger partial charge on any atom is -0.477 e. The van der Waals surface area contributed by atoms with Crippen molar-refractivity contribution >= 4 is 57.7 Å². The molecule has 30 heavy (non-hydrogen) atoms. The summed E-state index contributed by atoms with van der Waals surface area (Å²) < 4.78 is 4.88. The third kappa shape index (κ3) is 4.09. The largest absolute Gasteiger partial charge is 0.477 e. The van der Waals surface area contributed by atoms with Crippen LogP contribution in [-0.2, 0) is 28.8 Å². The van der Waals surface area contributed by atoms with Crippen LogP contribution in [-0.4, -0.2) is 75.3 Å². The number of carbonyl (C=O) groups excluding carboxylic acids is 3. The van der Waals surface area contributed by atoms with Crippen LogP contribution < -0.4 is 11.1 Å². The normalized spacial score (nSPS) is 20.9. The smallest absolute Gasteiger partial charge is 0.352 e. The van der Waals surface area contributed by atoms with E-state index in [-0.39, 0.29) is 34.6 Å². The summed E-state index contributed by atoms with van der Waals surface area (Å²) >= 11 is 2.35. The van der Waals surface area contributed by atoms with Crippen molar-refractivity contribution in [2.75, 3.05) is 25.2 Å². The van der Waals surface area contributed by atoms with Gasteiger partial charge in [0, 0.05) is 23.6 Å². The van der Waals surface area contributed by atoms with E-state index in [2.05, 4.69) is 20.3 Å². The summed E-state index contributed by atoms with van der Waals surface area (Å²) in [5.74, 6) is -2.98. The number of aromatic nitrogens is 1. The number of esters is 1. The topological polar surface area (TPSA) is 174 Å². The standard InChI is InChI=1S/C16H17N5O7S2/c1-6(22)28-3-7-4-29-14-10(13(24)21(14)11(7)15(25)26)19-12(23)9(20-27-2)8-5-30-16(17)18-8/h5,10,14H,3-4H2,1-2H3,(H2,17,18)(H,19,23)(H,25,26)/b20-9-/t10?,14-/m0/s1. The van der Waals surface area contributed by atoms with Crippen molar-refractivity contribution < 1.29 is 33.9 Å². The van der Waals surface area contributed by atoms with Crippen molar-refractivity contribution in [3.8, 4) is 0 Å². The molecule has 1 aromatic rings. The number of nitrogens with one attached hydrogen (secondary N) is 1. The fourth-order valence-electron chi connectivity index (χ4n) is 2.88. The molecule has 1 unspecified atom stereocenters. The first-order valence-corrected chi connectivity index (χ1v) is 10.3. The zero-order valence-corrected chi connectivity index (χ0v) is 17.4. The maximum Gasteiger partial charge on any atom is 0.352 e. The Hall–Kier alpha value is -3.13.